The van der Waals surface area contributed by atoms with Crippen molar-refractivity contribution in [1.82, 2.24) is 19.2 Å². The van der Waals surface area contributed by atoms with Crippen LogP contribution >= 0.6 is 0 Å². The van der Waals surface area contributed by atoms with Crippen molar-refractivity contribution in [2.24, 2.45) is 5.92 Å². The number of likely N-dealkylation sites (tertiary alicyclic amines) is 1. The number of rotatable bonds is 4. The summed E-state index contributed by atoms with van der Waals surface area (Å²) >= 11 is 0. The van der Waals surface area contributed by atoms with Crippen LogP contribution in [-0.2, 0) is 19.6 Å². The summed E-state index contributed by atoms with van der Waals surface area (Å²) in [6.07, 6.45) is 0. The Balaban J connectivity index is 1.24. The van der Waals surface area contributed by atoms with Crippen molar-refractivity contribution in [2.45, 2.75) is 32.5 Å². The molecule has 0 spiro atoms. The van der Waals surface area contributed by atoms with Gasteiger partial charge in [-0.25, -0.2) is 4.68 Å². The highest BCUT2D eigenvalue weighted by Crippen LogP contribution is 2.38. The molecular weight excluding hydrogens is 408 g/mol. The smallest absolute Gasteiger partial charge is 0.332 e. The summed E-state index contributed by atoms with van der Waals surface area (Å²) in [5.74, 6) is 2.76. The number of nitrogens with zero attached hydrogens (tertiary/aromatic N) is 4. The first-order valence-corrected chi connectivity index (χ1v) is 10.9. The van der Waals surface area contributed by atoms with Gasteiger partial charge in [0.25, 0.3) is 0 Å². The minimum atomic E-state index is -0.550. The molecule has 1 saturated heterocycles. The average Bonchev–Trinajstić information content (AvgIpc) is 3.48. The van der Waals surface area contributed by atoms with Crippen LogP contribution in [0.25, 0.3) is 0 Å². The third-order valence-corrected chi connectivity index (χ3v) is 6.72. The summed E-state index contributed by atoms with van der Waals surface area (Å²) in [5.41, 5.74) is 2.27. The van der Waals surface area contributed by atoms with Crippen LogP contribution in [0.15, 0.2) is 52.1 Å². The van der Waals surface area contributed by atoms with Gasteiger partial charge in [0.2, 0.25) is 6.79 Å². The van der Waals surface area contributed by atoms with Crippen molar-refractivity contribution in [3.63, 3.8) is 0 Å². The number of fused-ring (bicyclic) bond motifs is 4. The first-order valence-electron chi connectivity index (χ1n) is 10.9. The van der Waals surface area contributed by atoms with E-state index in [1.165, 1.54) is 10.2 Å². The lowest BCUT2D eigenvalue weighted by atomic mass is 10.00. The zero-order chi connectivity index (χ0) is 21.8. The van der Waals surface area contributed by atoms with Crippen LogP contribution in [-0.4, -0.2) is 39.1 Å². The Morgan fingerprint density at radius 3 is 2.53 bits per heavy atom. The lowest BCUT2D eigenvalue weighted by molar-refractivity contribution is 0.174. The van der Waals surface area contributed by atoms with E-state index in [4.69, 9.17) is 9.47 Å². The normalized spacial score (nSPS) is 21.0. The third-order valence-electron chi connectivity index (χ3n) is 6.72. The summed E-state index contributed by atoms with van der Waals surface area (Å²) in [6.45, 7) is 5.64. The van der Waals surface area contributed by atoms with Gasteiger partial charge in [0, 0.05) is 38.0 Å². The van der Waals surface area contributed by atoms with E-state index in [0.717, 1.165) is 48.1 Å². The Morgan fingerprint density at radius 1 is 0.906 bits per heavy atom. The Bertz CT molecular complexity index is 1310. The van der Waals surface area contributed by atoms with Crippen LogP contribution in [0.2, 0.25) is 0 Å². The Labute approximate surface area is 184 Å². The summed E-state index contributed by atoms with van der Waals surface area (Å²) < 4.78 is 13.8. The average molecular weight is 432 g/mol. The monoisotopic (exact) mass is 432 g/mol. The summed E-state index contributed by atoms with van der Waals surface area (Å²) in [4.78, 5) is 27.8. The highest BCUT2D eigenvalue weighted by molar-refractivity contribution is 5.44. The standard InChI is InChI=1S/C24H24N4O4/c1-15-2-4-16(5-3-15)10-28-24(30)23(29)27-12-18-11-26(13-19(18)22(27)25-28)9-17-6-7-20-21(8-17)32-14-31-20/h2-8,18-19H,9-14H2,1H3/t18-,19+/m1/s1. The zero-order valence-electron chi connectivity index (χ0n) is 17.9. The molecule has 0 amide bonds. The maximum atomic E-state index is 12.8. The van der Waals surface area contributed by atoms with Crippen LogP contribution in [0.3, 0.4) is 0 Å². The Hall–Kier alpha value is -3.39. The first-order chi connectivity index (χ1) is 15.5. The second kappa shape index (κ2) is 7.34. The SMILES string of the molecule is Cc1ccc(Cn2nc3n(c(=O)c2=O)C[C@H]2CN(Cc4ccc5c(c4)OCO5)C[C@H]32)cc1. The van der Waals surface area contributed by atoms with E-state index in [1.54, 1.807) is 4.57 Å². The van der Waals surface area contributed by atoms with Crippen molar-refractivity contribution >= 4 is 0 Å². The molecule has 1 fully saturated rings. The van der Waals surface area contributed by atoms with Gasteiger partial charge in [-0.3, -0.25) is 19.1 Å². The molecule has 6 rings (SSSR count). The number of ether oxygens (including phenoxy) is 2. The fourth-order valence-electron chi connectivity index (χ4n) is 5.08. The van der Waals surface area contributed by atoms with Crippen LogP contribution in [0.5, 0.6) is 11.5 Å². The van der Waals surface area contributed by atoms with E-state index >= 15 is 0 Å². The van der Waals surface area contributed by atoms with E-state index in [-0.39, 0.29) is 12.7 Å². The molecule has 8 heteroatoms. The molecule has 2 atom stereocenters. The molecule has 0 saturated carbocycles. The largest absolute Gasteiger partial charge is 0.454 e. The van der Waals surface area contributed by atoms with Crippen LogP contribution in [0.1, 0.15) is 28.4 Å². The van der Waals surface area contributed by atoms with Crippen molar-refractivity contribution in [3.8, 4) is 11.5 Å². The number of aryl methyl sites for hydroxylation is 1. The molecule has 3 aliphatic rings. The van der Waals surface area contributed by atoms with E-state index in [2.05, 4.69) is 16.1 Å². The van der Waals surface area contributed by atoms with Crippen molar-refractivity contribution < 1.29 is 9.47 Å². The predicted octanol–water partition coefficient (Wildman–Crippen LogP) is 1.72. The van der Waals surface area contributed by atoms with Gasteiger partial charge in [-0.1, -0.05) is 35.9 Å². The van der Waals surface area contributed by atoms with E-state index in [0.29, 0.717) is 19.0 Å². The minimum absolute atomic E-state index is 0.154. The lowest BCUT2D eigenvalue weighted by Crippen LogP contribution is -2.44. The molecule has 0 radical (unpaired) electrons. The molecule has 0 bridgehead atoms. The molecule has 8 nitrogen and oxygen atoms in total. The zero-order valence-corrected chi connectivity index (χ0v) is 17.9. The van der Waals surface area contributed by atoms with Gasteiger partial charge in [-0.15, -0.1) is 0 Å². The molecule has 0 aliphatic carbocycles. The summed E-state index contributed by atoms with van der Waals surface area (Å²) in [6, 6.07) is 14.0. The van der Waals surface area contributed by atoms with Crippen molar-refractivity contribution in [2.75, 3.05) is 19.9 Å². The number of hydrogen-bond donors (Lipinski definition) is 0. The minimum Gasteiger partial charge on any atom is -0.454 e. The van der Waals surface area contributed by atoms with Gasteiger partial charge >= 0.3 is 11.1 Å². The molecule has 0 N–H and O–H groups in total. The summed E-state index contributed by atoms with van der Waals surface area (Å²) in [7, 11) is 0. The fourth-order valence-corrected chi connectivity index (χ4v) is 5.08. The first kappa shape index (κ1) is 19.3. The van der Waals surface area contributed by atoms with E-state index in [1.807, 2.05) is 43.3 Å². The second-order valence-corrected chi connectivity index (χ2v) is 8.97. The molecule has 32 heavy (non-hydrogen) atoms. The van der Waals surface area contributed by atoms with E-state index in [9.17, 15) is 9.59 Å². The van der Waals surface area contributed by atoms with Crippen LogP contribution < -0.4 is 20.6 Å². The number of aromatic nitrogens is 3. The predicted molar refractivity (Wildman–Crippen MR) is 117 cm³/mol. The van der Waals surface area contributed by atoms with Gasteiger partial charge in [0.05, 0.1) is 6.54 Å². The van der Waals surface area contributed by atoms with Crippen molar-refractivity contribution in [1.29, 1.82) is 0 Å². The fraction of sp³-hybridized carbons (Fsp3) is 0.375. The molecule has 164 valence electrons. The topological polar surface area (TPSA) is 78.6 Å². The second-order valence-electron chi connectivity index (χ2n) is 8.97. The molecule has 4 heterocycles. The quantitative estimate of drug-likeness (QED) is 0.585. The van der Waals surface area contributed by atoms with Gasteiger partial charge in [-0.2, -0.15) is 5.10 Å². The molecule has 3 aliphatic heterocycles. The van der Waals surface area contributed by atoms with E-state index < -0.39 is 11.1 Å². The molecule has 0 unspecified atom stereocenters. The number of benzene rings is 2. The molecule has 1 aromatic heterocycles. The highest BCUT2D eigenvalue weighted by Gasteiger charge is 2.42. The molecule has 2 aromatic carbocycles. The van der Waals surface area contributed by atoms with Gasteiger partial charge in [0.1, 0.15) is 5.82 Å². The number of hydrogen-bond acceptors (Lipinski definition) is 6. The van der Waals surface area contributed by atoms with Crippen molar-refractivity contribution in [3.05, 3.63) is 85.7 Å². The molecular formula is C24H24N4O4. The lowest BCUT2D eigenvalue weighted by Gasteiger charge is -2.18. The summed E-state index contributed by atoms with van der Waals surface area (Å²) in [5, 5.41) is 4.67. The van der Waals surface area contributed by atoms with Crippen LogP contribution in [0.4, 0.5) is 0 Å². The maximum Gasteiger partial charge on any atom is 0.332 e. The van der Waals surface area contributed by atoms with Crippen LogP contribution in [0, 0.1) is 12.8 Å². The molecule has 3 aromatic rings. The van der Waals surface area contributed by atoms with Gasteiger partial charge < -0.3 is 9.47 Å². The van der Waals surface area contributed by atoms with Gasteiger partial charge in [-0.05, 0) is 30.2 Å². The van der Waals surface area contributed by atoms with Gasteiger partial charge in [0.15, 0.2) is 11.5 Å². The third kappa shape index (κ3) is 3.22. The highest BCUT2D eigenvalue weighted by atomic mass is 16.7. The Morgan fingerprint density at radius 2 is 1.69 bits per heavy atom. The maximum absolute atomic E-state index is 12.8. The Kier molecular flexibility index (Phi) is 4.43.